The Kier molecular flexibility index (Phi) is 3.97. The third-order valence-corrected chi connectivity index (χ3v) is 3.48. The maximum atomic E-state index is 9.49. The second kappa shape index (κ2) is 5.46. The summed E-state index contributed by atoms with van der Waals surface area (Å²) in [6, 6.07) is 10.5. The van der Waals surface area contributed by atoms with Crippen LogP contribution in [0.1, 0.15) is 31.4 Å². The average Bonchev–Trinajstić information content (AvgIpc) is 2.28. The maximum absolute atomic E-state index is 9.49. The Labute approximate surface area is 97.9 Å². The Morgan fingerprint density at radius 2 is 2.00 bits per heavy atom. The van der Waals surface area contributed by atoms with E-state index in [0.29, 0.717) is 0 Å². The molecule has 88 valence electrons. The van der Waals surface area contributed by atoms with Crippen LogP contribution in [-0.2, 0) is 0 Å². The molecule has 1 aliphatic rings. The van der Waals surface area contributed by atoms with Gasteiger partial charge in [0.15, 0.2) is 0 Å². The number of aliphatic hydroxyl groups is 1. The predicted octanol–water partition coefficient (Wildman–Crippen LogP) is 2.45. The molecule has 0 amide bonds. The Morgan fingerprint density at radius 1 is 1.31 bits per heavy atom. The van der Waals surface area contributed by atoms with Crippen LogP contribution in [0.4, 0.5) is 0 Å². The van der Waals surface area contributed by atoms with Gasteiger partial charge in [0.05, 0.1) is 12.6 Å². The average molecular weight is 219 g/mol. The smallest absolute Gasteiger partial charge is 0.0628 e. The van der Waals surface area contributed by atoms with Crippen molar-refractivity contribution in [2.45, 2.75) is 25.8 Å². The quantitative estimate of drug-likeness (QED) is 0.822. The minimum absolute atomic E-state index is 0.203. The molecule has 16 heavy (non-hydrogen) atoms. The monoisotopic (exact) mass is 219 g/mol. The van der Waals surface area contributed by atoms with Gasteiger partial charge in [0.25, 0.3) is 0 Å². The van der Waals surface area contributed by atoms with Crippen LogP contribution in [0.2, 0.25) is 0 Å². The predicted molar refractivity (Wildman–Crippen MR) is 66.2 cm³/mol. The molecular formula is C14H21NO. The van der Waals surface area contributed by atoms with Crippen molar-refractivity contribution in [2.75, 3.05) is 19.7 Å². The van der Waals surface area contributed by atoms with E-state index in [1.54, 1.807) is 0 Å². The molecule has 1 saturated heterocycles. The molecule has 2 rings (SSSR count). The topological polar surface area (TPSA) is 23.5 Å². The Balaban J connectivity index is 1.93. The second-order valence-corrected chi connectivity index (χ2v) is 4.72. The van der Waals surface area contributed by atoms with E-state index >= 15 is 0 Å². The van der Waals surface area contributed by atoms with Crippen molar-refractivity contribution in [3.63, 3.8) is 0 Å². The molecule has 1 aromatic carbocycles. The van der Waals surface area contributed by atoms with E-state index in [9.17, 15) is 5.11 Å². The first-order valence-corrected chi connectivity index (χ1v) is 6.25. The van der Waals surface area contributed by atoms with E-state index in [2.05, 4.69) is 24.0 Å². The lowest BCUT2D eigenvalue weighted by atomic mass is 9.91. The van der Waals surface area contributed by atoms with Crippen LogP contribution in [-0.4, -0.2) is 29.7 Å². The summed E-state index contributed by atoms with van der Waals surface area (Å²) in [6.07, 6.45) is 2.59. The summed E-state index contributed by atoms with van der Waals surface area (Å²) in [6.45, 7) is 4.76. The molecule has 1 fully saturated rings. The van der Waals surface area contributed by atoms with Crippen LogP contribution in [0.5, 0.6) is 0 Å². The van der Waals surface area contributed by atoms with Gasteiger partial charge in [0.1, 0.15) is 0 Å². The lowest BCUT2D eigenvalue weighted by Gasteiger charge is -2.44. The highest BCUT2D eigenvalue weighted by atomic mass is 16.3. The third-order valence-electron chi connectivity index (χ3n) is 3.48. The second-order valence-electron chi connectivity index (χ2n) is 4.72. The minimum atomic E-state index is 0.203. The number of benzene rings is 1. The highest BCUT2D eigenvalue weighted by molar-refractivity contribution is 5.19. The fraction of sp³-hybridized carbons (Fsp3) is 0.571. The summed E-state index contributed by atoms with van der Waals surface area (Å²) in [5, 5.41) is 9.49. The van der Waals surface area contributed by atoms with Gasteiger partial charge in [-0.2, -0.15) is 0 Å². The summed E-state index contributed by atoms with van der Waals surface area (Å²) < 4.78 is 0. The van der Waals surface area contributed by atoms with Gasteiger partial charge in [-0.1, -0.05) is 43.7 Å². The number of hydrogen-bond acceptors (Lipinski definition) is 2. The van der Waals surface area contributed by atoms with Gasteiger partial charge in [-0.25, -0.2) is 0 Å². The van der Waals surface area contributed by atoms with Crippen molar-refractivity contribution in [1.82, 2.24) is 4.90 Å². The lowest BCUT2D eigenvalue weighted by molar-refractivity contribution is 0.0195. The Morgan fingerprint density at radius 3 is 2.56 bits per heavy atom. The summed E-state index contributed by atoms with van der Waals surface area (Å²) in [5.74, 6) is 0.850. The van der Waals surface area contributed by atoms with Crippen molar-refractivity contribution in [2.24, 2.45) is 5.92 Å². The fourth-order valence-corrected chi connectivity index (χ4v) is 2.56. The third kappa shape index (κ3) is 2.45. The normalized spacial score (nSPS) is 19.4. The Bertz CT molecular complexity index is 306. The molecular weight excluding hydrogens is 198 g/mol. The molecule has 1 aliphatic heterocycles. The molecule has 0 bridgehead atoms. The highest BCUT2D eigenvalue weighted by Crippen LogP contribution is 2.30. The molecule has 0 aliphatic carbocycles. The zero-order valence-electron chi connectivity index (χ0n) is 9.97. The number of rotatable bonds is 5. The van der Waals surface area contributed by atoms with Gasteiger partial charge in [-0.3, -0.25) is 4.90 Å². The summed E-state index contributed by atoms with van der Waals surface area (Å²) >= 11 is 0. The van der Waals surface area contributed by atoms with Crippen molar-refractivity contribution >= 4 is 0 Å². The number of aliphatic hydroxyl groups excluding tert-OH is 1. The zero-order valence-corrected chi connectivity index (χ0v) is 9.97. The molecule has 2 nitrogen and oxygen atoms in total. The van der Waals surface area contributed by atoms with Crippen LogP contribution < -0.4 is 0 Å². The molecule has 0 spiro atoms. The molecule has 0 saturated carbocycles. The highest BCUT2D eigenvalue weighted by Gasteiger charge is 2.31. The zero-order chi connectivity index (χ0) is 11.4. The maximum Gasteiger partial charge on any atom is 0.0628 e. The summed E-state index contributed by atoms with van der Waals surface area (Å²) in [4.78, 5) is 2.38. The van der Waals surface area contributed by atoms with Crippen LogP contribution in [0, 0.1) is 5.92 Å². The van der Waals surface area contributed by atoms with Crippen LogP contribution in [0.3, 0.4) is 0 Å². The van der Waals surface area contributed by atoms with Crippen LogP contribution in [0.25, 0.3) is 0 Å². The first kappa shape index (κ1) is 11.6. The number of nitrogens with zero attached hydrogens (tertiary/aromatic N) is 1. The molecule has 0 aromatic heterocycles. The van der Waals surface area contributed by atoms with E-state index in [0.717, 1.165) is 19.0 Å². The van der Waals surface area contributed by atoms with Gasteiger partial charge in [0.2, 0.25) is 0 Å². The minimum Gasteiger partial charge on any atom is -0.394 e. The summed E-state index contributed by atoms with van der Waals surface area (Å²) in [5.41, 5.74) is 1.24. The van der Waals surface area contributed by atoms with E-state index in [4.69, 9.17) is 0 Å². The molecule has 2 heteroatoms. The van der Waals surface area contributed by atoms with Crippen molar-refractivity contribution < 1.29 is 5.11 Å². The van der Waals surface area contributed by atoms with Crippen LogP contribution in [0.15, 0.2) is 30.3 Å². The van der Waals surface area contributed by atoms with Gasteiger partial charge in [-0.15, -0.1) is 0 Å². The summed E-state index contributed by atoms with van der Waals surface area (Å²) in [7, 11) is 0. The van der Waals surface area contributed by atoms with Gasteiger partial charge in [0, 0.05) is 13.1 Å². The number of likely N-dealkylation sites (tertiary alicyclic amines) is 1. The molecule has 1 unspecified atom stereocenters. The van der Waals surface area contributed by atoms with Gasteiger partial charge >= 0.3 is 0 Å². The van der Waals surface area contributed by atoms with E-state index in [1.807, 2.05) is 18.2 Å². The van der Waals surface area contributed by atoms with E-state index in [-0.39, 0.29) is 12.6 Å². The van der Waals surface area contributed by atoms with E-state index in [1.165, 1.54) is 18.4 Å². The number of hydrogen-bond donors (Lipinski definition) is 1. The SMILES string of the molecule is CCCC1CN(C(CO)c2ccccc2)C1. The standard InChI is InChI=1S/C14H21NO/c1-2-6-12-9-15(10-12)14(11-16)13-7-4-3-5-8-13/h3-5,7-8,12,14,16H,2,6,9-11H2,1H3. The molecule has 1 heterocycles. The van der Waals surface area contributed by atoms with Crippen molar-refractivity contribution in [3.8, 4) is 0 Å². The van der Waals surface area contributed by atoms with Gasteiger partial charge < -0.3 is 5.11 Å². The van der Waals surface area contributed by atoms with Crippen molar-refractivity contribution in [1.29, 1.82) is 0 Å². The fourth-order valence-electron chi connectivity index (χ4n) is 2.56. The molecule has 1 atom stereocenters. The molecule has 1 N–H and O–H groups in total. The van der Waals surface area contributed by atoms with E-state index < -0.39 is 0 Å². The lowest BCUT2D eigenvalue weighted by Crippen LogP contribution is -2.49. The van der Waals surface area contributed by atoms with Crippen molar-refractivity contribution in [3.05, 3.63) is 35.9 Å². The largest absolute Gasteiger partial charge is 0.394 e. The first-order valence-electron chi connectivity index (χ1n) is 6.25. The van der Waals surface area contributed by atoms with Gasteiger partial charge in [-0.05, 0) is 17.9 Å². The molecule has 0 radical (unpaired) electrons. The molecule has 1 aromatic rings. The first-order chi connectivity index (χ1) is 7.85. The van der Waals surface area contributed by atoms with Crippen LogP contribution >= 0.6 is 0 Å². The Hall–Kier alpha value is -0.860.